The highest BCUT2D eigenvalue weighted by Crippen LogP contribution is 2.37. The molecule has 25 heavy (non-hydrogen) atoms. The third-order valence-electron chi connectivity index (χ3n) is 3.51. The Hall–Kier alpha value is -2.67. The van der Waals surface area contributed by atoms with Crippen LogP contribution >= 0.6 is 11.6 Å². The number of hydrogen-bond donors (Lipinski definition) is 2. The van der Waals surface area contributed by atoms with Crippen LogP contribution in [-0.2, 0) is 11.3 Å². The Bertz CT molecular complexity index is 761. The van der Waals surface area contributed by atoms with Gasteiger partial charge in [0.25, 0.3) is 5.91 Å². The number of halogens is 1. The van der Waals surface area contributed by atoms with Crippen LogP contribution in [0.2, 0.25) is 5.02 Å². The van der Waals surface area contributed by atoms with Gasteiger partial charge >= 0.3 is 0 Å². The lowest BCUT2D eigenvalue weighted by Crippen LogP contribution is -2.36. The molecule has 1 aliphatic rings. The number of ether oxygens (including phenoxy) is 2. The van der Waals surface area contributed by atoms with Crippen molar-refractivity contribution in [3.63, 3.8) is 0 Å². The van der Waals surface area contributed by atoms with Gasteiger partial charge in [-0.15, -0.1) is 0 Å². The Morgan fingerprint density at radius 3 is 2.80 bits per heavy atom. The smallest absolute Gasteiger partial charge is 0.251 e. The first kappa shape index (κ1) is 17.2. The van der Waals surface area contributed by atoms with E-state index in [1.54, 1.807) is 18.2 Å². The molecule has 1 aromatic heterocycles. The Balaban J connectivity index is 1.56. The summed E-state index contributed by atoms with van der Waals surface area (Å²) >= 11 is 6.16. The van der Waals surface area contributed by atoms with Gasteiger partial charge in [-0.3, -0.25) is 9.59 Å². The van der Waals surface area contributed by atoms with E-state index in [-0.39, 0.29) is 19.0 Å². The minimum atomic E-state index is -0.425. The number of hydrogen-bond acceptors (Lipinski definition) is 5. The highest BCUT2D eigenvalue weighted by molar-refractivity contribution is 6.32. The molecule has 132 valence electrons. The lowest BCUT2D eigenvalue weighted by atomic mass is 10.2. The van der Waals surface area contributed by atoms with Crippen LogP contribution in [0, 0.1) is 0 Å². The normalized spacial score (nSPS) is 13.0. The van der Waals surface area contributed by atoms with Gasteiger partial charge in [0.1, 0.15) is 5.76 Å². The molecule has 0 unspecified atom stereocenters. The van der Waals surface area contributed by atoms with Gasteiger partial charge in [0.05, 0.1) is 37.6 Å². The SMILES string of the molecule is O=C(CNC(=O)c1cc(Cl)c2c(c1)OCCCO2)NCc1ccco1. The van der Waals surface area contributed by atoms with Crippen LogP contribution in [0.1, 0.15) is 22.5 Å². The summed E-state index contributed by atoms with van der Waals surface area (Å²) < 4.78 is 16.2. The van der Waals surface area contributed by atoms with Crippen molar-refractivity contribution in [2.75, 3.05) is 19.8 Å². The monoisotopic (exact) mass is 364 g/mol. The van der Waals surface area contributed by atoms with Gasteiger partial charge in [-0.1, -0.05) is 11.6 Å². The standard InChI is InChI=1S/C17H17ClN2O5/c18-13-7-11(8-14-16(13)25-6-2-5-24-14)17(22)20-10-15(21)19-9-12-3-1-4-23-12/h1,3-4,7-8H,2,5-6,9-10H2,(H,19,21)(H,20,22). The number of benzene rings is 1. The molecule has 3 rings (SSSR count). The largest absolute Gasteiger partial charge is 0.489 e. The molecule has 0 radical (unpaired) electrons. The molecule has 2 aromatic rings. The molecule has 2 N–H and O–H groups in total. The molecule has 0 saturated carbocycles. The van der Waals surface area contributed by atoms with Crippen molar-refractivity contribution in [2.24, 2.45) is 0 Å². The molecule has 0 bridgehead atoms. The van der Waals surface area contributed by atoms with Crippen LogP contribution in [0.5, 0.6) is 11.5 Å². The molecule has 1 aliphatic heterocycles. The van der Waals surface area contributed by atoms with Crippen molar-refractivity contribution in [1.82, 2.24) is 10.6 Å². The molecular weight excluding hydrogens is 348 g/mol. The summed E-state index contributed by atoms with van der Waals surface area (Å²) in [6.45, 7) is 1.10. The molecule has 0 spiro atoms. The molecule has 1 aromatic carbocycles. The fourth-order valence-electron chi connectivity index (χ4n) is 2.29. The number of carbonyl (C=O) groups is 2. The summed E-state index contributed by atoms with van der Waals surface area (Å²) in [4.78, 5) is 24.0. The summed E-state index contributed by atoms with van der Waals surface area (Å²) in [5, 5.41) is 5.48. The molecule has 8 heteroatoms. The van der Waals surface area contributed by atoms with E-state index in [0.717, 1.165) is 6.42 Å². The van der Waals surface area contributed by atoms with Crippen molar-refractivity contribution >= 4 is 23.4 Å². The third kappa shape index (κ3) is 4.45. The summed E-state index contributed by atoms with van der Waals surface area (Å²) in [6, 6.07) is 6.53. The van der Waals surface area contributed by atoms with E-state index in [2.05, 4.69) is 10.6 Å². The lowest BCUT2D eigenvalue weighted by Gasteiger charge is -2.11. The zero-order valence-corrected chi connectivity index (χ0v) is 14.1. The van der Waals surface area contributed by atoms with Gasteiger partial charge in [0, 0.05) is 12.0 Å². The number of fused-ring (bicyclic) bond motifs is 1. The number of amides is 2. The number of rotatable bonds is 5. The van der Waals surface area contributed by atoms with Crippen LogP contribution < -0.4 is 20.1 Å². The van der Waals surface area contributed by atoms with Gasteiger partial charge in [0.15, 0.2) is 11.5 Å². The molecule has 2 heterocycles. The van der Waals surface area contributed by atoms with Gasteiger partial charge < -0.3 is 24.5 Å². The Morgan fingerprint density at radius 1 is 1.16 bits per heavy atom. The second-order valence-corrected chi connectivity index (χ2v) is 5.78. The van der Waals surface area contributed by atoms with Crippen molar-refractivity contribution in [2.45, 2.75) is 13.0 Å². The zero-order chi connectivity index (χ0) is 17.6. The second kappa shape index (κ2) is 7.94. The average Bonchev–Trinajstić information content (AvgIpc) is 3.01. The predicted molar refractivity (Wildman–Crippen MR) is 89.9 cm³/mol. The molecule has 2 amide bonds. The minimum Gasteiger partial charge on any atom is -0.489 e. The van der Waals surface area contributed by atoms with Crippen molar-refractivity contribution in [3.8, 4) is 11.5 Å². The summed E-state index contributed by atoms with van der Waals surface area (Å²) in [5.74, 6) is 0.745. The molecule has 0 saturated heterocycles. The van der Waals surface area contributed by atoms with Gasteiger partial charge in [-0.25, -0.2) is 0 Å². The number of furan rings is 1. The minimum absolute atomic E-state index is 0.161. The van der Waals surface area contributed by atoms with Gasteiger partial charge in [-0.2, -0.15) is 0 Å². The molecule has 7 nitrogen and oxygen atoms in total. The van der Waals surface area contributed by atoms with Crippen LogP contribution in [-0.4, -0.2) is 31.6 Å². The molecule has 0 atom stereocenters. The summed E-state index contributed by atoms with van der Waals surface area (Å²) in [6.07, 6.45) is 2.26. The van der Waals surface area contributed by atoms with Crippen molar-refractivity contribution in [1.29, 1.82) is 0 Å². The van der Waals surface area contributed by atoms with E-state index < -0.39 is 5.91 Å². The lowest BCUT2D eigenvalue weighted by molar-refractivity contribution is -0.120. The quantitative estimate of drug-likeness (QED) is 0.848. The fraction of sp³-hybridized carbons (Fsp3) is 0.294. The first-order valence-corrected chi connectivity index (χ1v) is 8.17. The molecule has 0 aliphatic carbocycles. The van der Waals surface area contributed by atoms with E-state index in [9.17, 15) is 9.59 Å². The first-order valence-electron chi connectivity index (χ1n) is 7.80. The molecular formula is C17H17ClN2O5. The summed E-state index contributed by atoms with van der Waals surface area (Å²) in [7, 11) is 0. The number of carbonyl (C=O) groups excluding carboxylic acids is 2. The van der Waals surface area contributed by atoms with Crippen LogP contribution in [0.25, 0.3) is 0 Å². The Labute approximate surface area is 149 Å². The van der Waals surface area contributed by atoms with E-state index in [1.165, 1.54) is 12.3 Å². The Morgan fingerprint density at radius 2 is 2.00 bits per heavy atom. The fourth-order valence-corrected chi connectivity index (χ4v) is 2.55. The predicted octanol–water partition coefficient (Wildman–Crippen LogP) is 2.14. The van der Waals surface area contributed by atoms with Crippen LogP contribution in [0.3, 0.4) is 0 Å². The van der Waals surface area contributed by atoms with Crippen LogP contribution in [0.15, 0.2) is 34.9 Å². The van der Waals surface area contributed by atoms with Gasteiger partial charge in [0.2, 0.25) is 5.91 Å². The van der Waals surface area contributed by atoms with Crippen LogP contribution in [0.4, 0.5) is 0 Å². The van der Waals surface area contributed by atoms with E-state index in [1.807, 2.05) is 0 Å². The Kier molecular flexibility index (Phi) is 5.45. The third-order valence-corrected chi connectivity index (χ3v) is 3.79. The topological polar surface area (TPSA) is 89.8 Å². The highest BCUT2D eigenvalue weighted by Gasteiger charge is 2.18. The van der Waals surface area contributed by atoms with E-state index in [4.69, 9.17) is 25.5 Å². The van der Waals surface area contributed by atoms with E-state index >= 15 is 0 Å². The summed E-state index contributed by atoms with van der Waals surface area (Å²) in [5.41, 5.74) is 0.299. The maximum atomic E-state index is 12.2. The van der Waals surface area contributed by atoms with Crippen molar-refractivity contribution in [3.05, 3.63) is 46.9 Å². The van der Waals surface area contributed by atoms with E-state index in [0.29, 0.717) is 41.1 Å². The maximum Gasteiger partial charge on any atom is 0.251 e. The second-order valence-electron chi connectivity index (χ2n) is 5.37. The van der Waals surface area contributed by atoms with Crippen molar-refractivity contribution < 1.29 is 23.5 Å². The number of nitrogens with one attached hydrogen (secondary N) is 2. The van der Waals surface area contributed by atoms with Gasteiger partial charge in [-0.05, 0) is 24.3 Å². The average molecular weight is 365 g/mol. The molecule has 0 fully saturated rings. The highest BCUT2D eigenvalue weighted by atomic mass is 35.5. The first-order chi connectivity index (χ1) is 12.1. The zero-order valence-electron chi connectivity index (χ0n) is 13.3. The maximum absolute atomic E-state index is 12.2.